The maximum Gasteiger partial charge on any atom is 0.259 e. The van der Waals surface area contributed by atoms with E-state index in [1.807, 2.05) is 29.8 Å². The van der Waals surface area contributed by atoms with Crippen molar-refractivity contribution in [2.75, 3.05) is 26.7 Å². The number of carbonyl (C=O) groups excluding carboxylic acids is 2. The smallest absolute Gasteiger partial charge is 0.259 e. The van der Waals surface area contributed by atoms with Crippen molar-refractivity contribution in [3.63, 3.8) is 0 Å². The third kappa shape index (κ3) is 2.28. The Kier molecular flexibility index (Phi) is 3.48. The summed E-state index contributed by atoms with van der Waals surface area (Å²) in [6, 6.07) is 5.75. The molecule has 5 rings (SSSR count). The minimum absolute atomic E-state index is 0.141. The van der Waals surface area contributed by atoms with Crippen LogP contribution in [-0.2, 0) is 17.8 Å². The third-order valence-electron chi connectivity index (χ3n) is 6.62. The maximum absolute atomic E-state index is 13.2. The van der Waals surface area contributed by atoms with Gasteiger partial charge in [-0.3, -0.25) is 14.4 Å². The number of benzene rings is 1. The van der Waals surface area contributed by atoms with Crippen LogP contribution in [0.15, 0.2) is 29.2 Å². The quantitative estimate of drug-likeness (QED) is 0.772. The fraction of sp³-hybridized carbons (Fsp3) is 0.476. The van der Waals surface area contributed by atoms with Crippen molar-refractivity contribution >= 4 is 22.7 Å². The third-order valence-corrected chi connectivity index (χ3v) is 6.62. The zero-order valence-electron chi connectivity index (χ0n) is 15.5. The number of likely N-dealkylation sites (tertiary alicyclic amines) is 2. The van der Waals surface area contributed by atoms with Crippen molar-refractivity contribution in [2.24, 2.45) is 5.41 Å². The van der Waals surface area contributed by atoms with Gasteiger partial charge < -0.3 is 14.4 Å². The van der Waals surface area contributed by atoms with Gasteiger partial charge in [0.2, 0.25) is 11.3 Å². The Hall–Kier alpha value is -2.63. The van der Waals surface area contributed by atoms with Gasteiger partial charge >= 0.3 is 0 Å². The molecule has 1 aromatic heterocycles. The second kappa shape index (κ2) is 5.68. The lowest BCUT2D eigenvalue weighted by molar-refractivity contribution is -0.143. The van der Waals surface area contributed by atoms with Crippen LogP contribution in [-0.4, -0.2) is 52.9 Å². The van der Waals surface area contributed by atoms with E-state index in [4.69, 9.17) is 0 Å². The summed E-state index contributed by atoms with van der Waals surface area (Å²) in [5.41, 5.74) is 1.71. The van der Waals surface area contributed by atoms with E-state index in [2.05, 4.69) is 0 Å². The van der Waals surface area contributed by atoms with E-state index in [-0.39, 0.29) is 22.8 Å². The highest BCUT2D eigenvalue weighted by Gasteiger charge is 2.48. The Morgan fingerprint density at radius 2 is 1.96 bits per heavy atom. The Balaban J connectivity index is 1.51. The van der Waals surface area contributed by atoms with Gasteiger partial charge in [0.1, 0.15) is 5.56 Å². The van der Waals surface area contributed by atoms with Crippen LogP contribution in [0.4, 0.5) is 0 Å². The first-order valence-electron chi connectivity index (χ1n) is 9.70. The largest absolute Gasteiger partial charge is 0.346 e. The molecule has 0 N–H and O–H groups in total. The highest BCUT2D eigenvalue weighted by atomic mass is 16.2. The SMILES string of the molecule is CN1CCC[C@]2(CCN(C(=O)c3cn4c5c(cccc5c3=O)CC4)C2)C1=O. The maximum atomic E-state index is 13.2. The molecular formula is C21H23N3O3. The van der Waals surface area contributed by atoms with Gasteiger partial charge in [0.25, 0.3) is 5.91 Å². The van der Waals surface area contributed by atoms with Crippen LogP contribution in [0.3, 0.4) is 0 Å². The van der Waals surface area contributed by atoms with E-state index in [1.165, 1.54) is 5.56 Å². The second-order valence-electron chi connectivity index (χ2n) is 8.22. The summed E-state index contributed by atoms with van der Waals surface area (Å²) in [7, 11) is 1.84. The molecule has 0 bridgehead atoms. The van der Waals surface area contributed by atoms with E-state index in [9.17, 15) is 14.4 Å². The van der Waals surface area contributed by atoms with Crippen LogP contribution in [0.1, 0.15) is 35.2 Å². The Morgan fingerprint density at radius 1 is 1.11 bits per heavy atom. The molecule has 1 atom stereocenters. The van der Waals surface area contributed by atoms with Crippen molar-refractivity contribution in [2.45, 2.75) is 32.2 Å². The van der Waals surface area contributed by atoms with Crippen molar-refractivity contribution < 1.29 is 9.59 Å². The van der Waals surface area contributed by atoms with E-state index >= 15 is 0 Å². The average Bonchev–Trinajstić information content (AvgIpc) is 3.28. The number of hydrogen-bond acceptors (Lipinski definition) is 3. The second-order valence-corrected chi connectivity index (χ2v) is 8.22. The summed E-state index contributed by atoms with van der Waals surface area (Å²) >= 11 is 0. The number of para-hydroxylation sites is 1. The topological polar surface area (TPSA) is 62.6 Å². The number of aromatic nitrogens is 1. The minimum atomic E-state index is -0.459. The van der Waals surface area contributed by atoms with Crippen molar-refractivity contribution in [1.82, 2.24) is 14.4 Å². The molecular weight excluding hydrogens is 342 g/mol. The molecule has 2 aromatic rings. The highest BCUT2D eigenvalue weighted by Crippen LogP contribution is 2.40. The van der Waals surface area contributed by atoms with Gasteiger partial charge in [-0.05, 0) is 37.3 Å². The monoisotopic (exact) mass is 365 g/mol. The fourth-order valence-electron chi connectivity index (χ4n) is 5.17. The molecule has 3 aliphatic rings. The lowest BCUT2D eigenvalue weighted by Crippen LogP contribution is -2.48. The van der Waals surface area contributed by atoms with E-state index in [0.29, 0.717) is 24.9 Å². The van der Waals surface area contributed by atoms with E-state index in [1.54, 1.807) is 16.0 Å². The van der Waals surface area contributed by atoms with Crippen LogP contribution < -0.4 is 5.43 Å². The molecule has 140 valence electrons. The van der Waals surface area contributed by atoms with Crippen LogP contribution in [0, 0.1) is 5.41 Å². The zero-order chi connectivity index (χ0) is 18.8. The van der Waals surface area contributed by atoms with E-state index in [0.717, 1.165) is 37.9 Å². The zero-order valence-corrected chi connectivity index (χ0v) is 15.5. The number of carbonyl (C=O) groups is 2. The molecule has 2 saturated heterocycles. The number of amides is 2. The normalized spacial score (nSPS) is 24.4. The van der Waals surface area contributed by atoms with Gasteiger partial charge in [0.15, 0.2) is 0 Å². The molecule has 1 aromatic carbocycles. The van der Waals surface area contributed by atoms with Crippen molar-refractivity contribution in [3.05, 3.63) is 45.7 Å². The lowest BCUT2D eigenvalue weighted by atomic mass is 9.78. The first kappa shape index (κ1) is 16.5. The summed E-state index contributed by atoms with van der Waals surface area (Å²) < 4.78 is 2.03. The van der Waals surface area contributed by atoms with Crippen molar-refractivity contribution in [1.29, 1.82) is 0 Å². The fourth-order valence-corrected chi connectivity index (χ4v) is 5.17. The van der Waals surface area contributed by atoms with Gasteiger partial charge in [-0.1, -0.05) is 12.1 Å². The Bertz CT molecular complexity index is 1040. The van der Waals surface area contributed by atoms with Crippen LogP contribution in [0.25, 0.3) is 10.9 Å². The molecule has 3 aliphatic heterocycles. The van der Waals surface area contributed by atoms with Crippen LogP contribution in [0.2, 0.25) is 0 Å². The number of aryl methyl sites for hydroxylation is 2. The van der Waals surface area contributed by atoms with Gasteiger partial charge in [0.05, 0.1) is 10.9 Å². The standard InChI is InChI=1S/C21H23N3O3/c1-22-9-3-7-21(20(22)27)8-11-24(13-21)19(26)16-12-23-10-6-14-4-2-5-15(17(14)23)18(16)25/h2,4-5,12H,3,6-11,13H2,1H3/t21-/m1/s1. The summed E-state index contributed by atoms with van der Waals surface area (Å²) in [6.45, 7) is 2.54. The van der Waals surface area contributed by atoms with Gasteiger partial charge in [-0.2, -0.15) is 0 Å². The molecule has 27 heavy (non-hydrogen) atoms. The average molecular weight is 365 g/mol. The predicted molar refractivity (Wildman–Crippen MR) is 102 cm³/mol. The summed E-state index contributed by atoms with van der Waals surface area (Å²) in [4.78, 5) is 42.4. The molecule has 2 fully saturated rings. The number of pyridine rings is 1. The van der Waals surface area contributed by atoms with E-state index < -0.39 is 5.41 Å². The lowest BCUT2D eigenvalue weighted by Gasteiger charge is -2.37. The summed E-state index contributed by atoms with van der Waals surface area (Å²) in [5, 5.41) is 0.623. The van der Waals surface area contributed by atoms with Crippen LogP contribution >= 0.6 is 0 Å². The number of rotatable bonds is 1. The number of piperidine rings is 1. The molecule has 6 nitrogen and oxygen atoms in total. The predicted octanol–water partition coefficient (Wildman–Crippen LogP) is 1.64. The Labute approximate surface area is 157 Å². The Morgan fingerprint density at radius 3 is 2.81 bits per heavy atom. The van der Waals surface area contributed by atoms with Crippen molar-refractivity contribution in [3.8, 4) is 0 Å². The number of nitrogens with zero attached hydrogens (tertiary/aromatic N) is 3. The molecule has 0 radical (unpaired) electrons. The molecule has 0 unspecified atom stereocenters. The molecule has 4 heterocycles. The highest BCUT2D eigenvalue weighted by molar-refractivity contribution is 5.99. The molecule has 1 spiro atoms. The summed E-state index contributed by atoms with van der Waals surface area (Å²) in [6.07, 6.45) is 5.10. The van der Waals surface area contributed by atoms with Gasteiger partial charge in [-0.15, -0.1) is 0 Å². The summed E-state index contributed by atoms with van der Waals surface area (Å²) in [5.74, 6) is -0.0941. The molecule has 0 saturated carbocycles. The van der Waals surface area contributed by atoms with Crippen LogP contribution in [0.5, 0.6) is 0 Å². The molecule has 6 heteroatoms. The van der Waals surface area contributed by atoms with Gasteiger partial charge in [0, 0.05) is 44.8 Å². The molecule has 2 amide bonds. The number of hydrogen-bond donors (Lipinski definition) is 0. The first-order valence-corrected chi connectivity index (χ1v) is 9.70. The van der Waals surface area contributed by atoms with Gasteiger partial charge in [-0.25, -0.2) is 0 Å². The molecule has 0 aliphatic carbocycles. The first-order chi connectivity index (χ1) is 13.0. The minimum Gasteiger partial charge on any atom is -0.346 e.